The molecule has 0 bridgehead atoms. The SMILES string of the molecule is CCOCCC(n1cc[n+](C)n1)n1cc[n+](C)n1. The van der Waals surface area contributed by atoms with Crippen LogP contribution < -0.4 is 9.36 Å². The van der Waals surface area contributed by atoms with Gasteiger partial charge in [-0.3, -0.25) is 0 Å². The largest absolute Gasteiger partial charge is 0.381 e. The third-order valence-electron chi connectivity index (χ3n) is 2.69. The molecule has 0 radical (unpaired) electrons. The Morgan fingerprint density at radius 2 is 1.67 bits per heavy atom. The van der Waals surface area contributed by atoms with Gasteiger partial charge in [-0.05, 0) is 6.92 Å². The zero-order chi connectivity index (χ0) is 13.0. The highest BCUT2D eigenvalue weighted by atomic mass is 16.5. The quantitative estimate of drug-likeness (QED) is 0.500. The molecular weight excluding hydrogens is 232 g/mol. The second kappa shape index (κ2) is 5.72. The van der Waals surface area contributed by atoms with Crippen LogP contribution in [0.25, 0.3) is 0 Å². The van der Waals surface area contributed by atoms with E-state index in [2.05, 4.69) is 10.4 Å². The summed E-state index contributed by atoms with van der Waals surface area (Å²) in [5.41, 5.74) is 0. The van der Waals surface area contributed by atoms with Crippen LogP contribution in [-0.4, -0.2) is 33.0 Å². The van der Waals surface area contributed by atoms with Gasteiger partial charge in [0.25, 0.3) is 6.17 Å². The fourth-order valence-electron chi connectivity index (χ4n) is 1.81. The molecule has 0 unspecified atom stereocenters. The van der Waals surface area contributed by atoms with Gasteiger partial charge in [0.1, 0.15) is 14.1 Å². The predicted octanol–water partition coefficient (Wildman–Crippen LogP) is -0.798. The van der Waals surface area contributed by atoms with Crippen LogP contribution in [0.2, 0.25) is 0 Å². The van der Waals surface area contributed by atoms with Crippen LogP contribution in [0.1, 0.15) is 19.5 Å². The molecule has 0 amide bonds. The normalized spacial score (nSPS) is 11.3. The molecule has 0 saturated carbocycles. The minimum atomic E-state index is 0.0407. The molecule has 0 saturated heterocycles. The molecule has 0 N–H and O–H groups in total. The highest BCUT2D eigenvalue weighted by molar-refractivity contribution is 4.72. The Bertz CT molecular complexity index is 451. The first-order valence-corrected chi connectivity index (χ1v) is 6.10. The van der Waals surface area contributed by atoms with Crippen LogP contribution in [0.15, 0.2) is 24.8 Å². The first kappa shape index (κ1) is 12.7. The molecule has 2 heterocycles. The molecule has 0 fully saturated rings. The second-order valence-corrected chi connectivity index (χ2v) is 4.15. The monoisotopic (exact) mass is 252 g/mol. The Balaban J connectivity index is 2.17. The molecule has 0 aromatic carbocycles. The smallest absolute Gasteiger partial charge is 0.286 e. The summed E-state index contributed by atoms with van der Waals surface area (Å²) in [4.78, 5) is 0. The van der Waals surface area contributed by atoms with Crippen molar-refractivity contribution in [3.8, 4) is 0 Å². The van der Waals surface area contributed by atoms with Gasteiger partial charge in [-0.1, -0.05) is 9.36 Å². The Labute approximate surface area is 106 Å². The lowest BCUT2D eigenvalue weighted by Gasteiger charge is -2.06. The minimum absolute atomic E-state index is 0.0407. The molecule has 0 aliphatic rings. The topological polar surface area (TPSA) is 52.6 Å². The van der Waals surface area contributed by atoms with Crippen LogP contribution in [0.5, 0.6) is 0 Å². The van der Waals surface area contributed by atoms with E-state index in [4.69, 9.17) is 4.74 Å². The number of hydrogen-bond acceptors (Lipinski definition) is 3. The zero-order valence-electron chi connectivity index (χ0n) is 11.1. The summed E-state index contributed by atoms with van der Waals surface area (Å²) in [5.74, 6) is 0. The molecule has 0 aliphatic carbocycles. The molecule has 7 heteroatoms. The van der Waals surface area contributed by atoms with Gasteiger partial charge in [0.15, 0.2) is 24.8 Å². The summed E-state index contributed by atoms with van der Waals surface area (Å²) < 4.78 is 12.8. The highest BCUT2D eigenvalue weighted by Gasteiger charge is 2.26. The van der Waals surface area contributed by atoms with E-state index in [1.54, 1.807) is 9.36 Å². The maximum Gasteiger partial charge on any atom is 0.286 e. The van der Waals surface area contributed by atoms with Crippen LogP contribution in [-0.2, 0) is 18.8 Å². The Kier molecular flexibility index (Phi) is 4.03. The first-order valence-electron chi connectivity index (χ1n) is 6.10. The lowest BCUT2D eigenvalue weighted by atomic mass is 10.3. The molecule has 98 valence electrons. The van der Waals surface area contributed by atoms with E-state index >= 15 is 0 Å². The molecule has 2 aromatic rings. The van der Waals surface area contributed by atoms with E-state index in [0.29, 0.717) is 6.61 Å². The van der Waals surface area contributed by atoms with E-state index < -0.39 is 0 Å². The summed E-state index contributed by atoms with van der Waals surface area (Å²) in [6.45, 7) is 3.41. The van der Waals surface area contributed by atoms with Gasteiger partial charge in [-0.15, -0.1) is 9.36 Å². The van der Waals surface area contributed by atoms with Crippen LogP contribution >= 0.6 is 0 Å². The fourth-order valence-corrected chi connectivity index (χ4v) is 1.81. The molecule has 7 nitrogen and oxygen atoms in total. The highest BCUT2D eigenvalue weighted by Crippen LogP contribution is 2.10. The zero-order valence-corrected chi connectivity index (χ0v) is 11.1. The van der Waals surface area contributed by atoms with Crippen molar-refractivity contribution in [2.45, 2.75) is 19.5 Å². The van der Waals surface area contributed by atoms with Crippen LogP contribution in [0, 0.1) is 0 Å². The lowest BCUT2D eigenvalue weighted by molar-refractivity contribution is -0.734. The third kappa shape index (κ3) is 2.92. The van der Waals surface area contributed by atoms with Crippen LogP contribution in [0.3, 0.4) is 0 Å². The molecule has 18 heavy (non-hydrogen) atoms. The Morgan fingerprint density at radius 3 is 2.06 bits per heavy atom. The van der Waals surface area contributed by atoms with E-state index in [0.717, 1.165) is 13.0 Å². The van der Waals surface area contributed by atoms with Crippen molar-refractivity contribution >= 4 is 0 Å². The average Bonchev–Trinajstić information content (AvgIpc) is 2.94. The van der Waals surface area contributed by atoms with Gasteiger partial charge < -0.3 is 4.74 Å². The van der Waals surface area contributed by atoms with Gasteiger partial charge in [0, 0.05) is 6.61 Å². The fraction of sp³-hybridized carbons (Fsp3) is 0.636. The number of nitrogens with zero attached hydrogens (tertiary/aromatic N) is 6. The van der Waals surface area contributed by atoms with Crippen LogP contribution in [0.4, 0.5) is 0 Å². The summed E-state index contributed by atoms with van der Waals surface area (Å²) in [7, 11) is 3.80. The van der Waals surface area contributed by atoms with Gasteiger partial charge in [-0.25, -0.2) is 0 Å². The maximum absolute atomic E-state index is 5.42. The Hall–Kier alpha value is -1.76. The van der Waals surface area contributed by atoms with Gasteiger partial charge >= 0.3 is 0 Å². The average molecular weight is 252 g/mol. The van der Waals surface area contributed by atoms with Crippen molar-refractivity contribution in [1.82, 2.24) is 19.8 Å². The minimum Gasteiger partial charge on any atom is -0.381 e. The Morgan fingerprint density at radius 1 is 1.11 bits per heavy atom. The molecule has 0 aliphatic heterocycles. The predicted molar refractivity (Wildman–Crippen MR) is 62.4 cm³/mol. The van der Waals surface area contributed by atoms with E-state index in [-0.39, 0.29) is 6.17 Å². The van der Waals surface area contributed by atoms with E-state index in [1.165, 1.54) is 0 Å². The van der Waals surface area contributed by atoms with Gasteiger partial charge in [0.2, 0.25) is 0 Å². The number of rotatable bonds is 6. The lowest BCUT2D eigenvalue weighted by Crippen LogP contribution is -2.35. The van der Waals surface area contributed by atoms with Gasteiger partial charge in [-0.2, -0.15) is 0 Å². The van der Waals surface area contributed by atoms with Crippen molar-refractivity contribution in [2.24, 2.45) is 14.1 Å². The van der Waals surface area contributed by atoms with Crippen molar-refractivity contribution in [1.29, 1.82) is 0 Å². The number of hydrogen-bond donors (Lipinski definition) is 0. The summed E-state index contributed by atoms with van der Waals surface area (Å²) in [6, 6.07) is 0. The molecule has 2 aromatic heterocycles. The maximum atomic E-state index is 5.42. The summed E-state index contributed by atoms with van der Waals surface area (Å²) in [6.07, 6.45) is 8.58. The van der Waals surface area contributed by atoms with E-state index in [1.807, 2.05) is 55.2 Å². The molecular formula is C11H20N6O+2. The summed E-state index contributed by atoms with van der Waals surface area (Å²) >= 11 is 0. The van der Waals surface area contributed by atoms with Crippen molar-refractivity contribution in [2.75, 3.05) is 13.2 Å². The van der Waals surface area contributed by atoms with Crippen molar-refractivity contribution in [3.63, 3.8) is 0 Å². The molecule has 0 spiro atoms. The van der Waals surface area contributed by atoms with Crippen molar-refractivity contribution < 1.29 is 14.1 Å². The van der Waals surface area contributed by atoms with Crippen molar-refractivity contribution in [3.05, 3.63) is 24.8 Å². The summed E-state index contributed by atoms with van der Waals surface area (Å²) in [5, 5.41) is 8.77. The standard InChI is InChI=1S/C11H20N6O/c1-4-18-10-5-11(16-8-6-14(2)12-16)17-9-7-15(3)13-17/h6-9,11H,4-5,10H2,1-3H3/q+2. The first-order chi connectivity index (χ1) is 8.70. The van der Waals surface area contributed by atoms with E-state index in [9.17, 15) is 0 Å². The number of aryl methyl sites for hydroxylation is 2. The number of ether oxygens (including phenoxy) is 1. The second-order valence-electron chi connectivity index (χ2n) is 4.15. The molecule has 2 rings (SSSR count). The third-order valence-corrected chi connectivity index (χ3v) is 2.69. The van der Waals surface area contributed by atoms with Gasteiger partial charge in [0.05, 0.1) is 23.5 Å². The number of aromatic nitrogens is 6. The molecule has 0 atom stereocenters.